The molecule has 0 unspecified atom stereocenters. The SMILES string of the molecule is C=C(CCc1ccc(Cc2ccccn2)cc1)NC1CCN(CC2=CCCC=C2)CC1. The molecule has 1 saturated heterocycles. The molecule has 2 aromatic rings. The Morgan fingerprint density at radius 3 is 2.55 bits per heavy atom. The summed E-state index contributed by atoms with van der Waals surface area (Å²) in [6, 6.07) is 15.6. The summed E-state index contributed by atoms with van der Waals surface area (Å²) in [5, 5.41) is 3.70. The maximum Gasteiger partial charge on any atom is 0.0447 e. The first-order chi connectivity index (χ1) is 15.2. The zero-order valence-corrected chi connectivity index (χ0v) is 18.6. The van der Waals surface area contributed by atoms with E-state index in [-0.39, 0.29) is 0 Å². The fourth-order valence-electron chi connectivity index (χ4n) is 4.47. The van der Waals surface area contributed by atoms with Crippen molar-refractivity contribution in [1.82, 2.24) is 15.2 Å². The first-order valence-corrected chi connectivity index (χ1v) is 11.7. The number of hydrogen-bond donors (Lipinski definition) is 1. The zero-order valence-electron chi connectivity index (χ0n) is 18.6. The van der Waals surface area contributed by atoms with E-state index in [1.54, 1.807) is 0 Å². The molecule has 0 amide bonds. The van der Waals surface area contributed by atoms with Crippen molar-refractivity contribution in [3.8, 4) is 0 Å². The molecular weight excluding hydrogens is 378 g/mol. The largest absolute Gasteiger partial charge is 0.386 e. The van der Waals surface area contributed by atoms with Crippen LogP contribution in [0.3, 0.4) is 0 Å². The van der Waals surface area contributed by atoms with Crippen LogP contribution in [-0.2, 0) is 12.8 Å². The van der Waals surface area contributed by atoms with Gasteiger partial charge in [-0.2, -0.15) is 0 Å². The van der Waals surface area contributed by atoms with Crippen LogP contribution in [0.4, 0.5) is 0 Å². The number of pyridine rings is 1. The topological polar surface area (TPSA) is 28.2 Å². The lowest BCUT2D eigenvalue weighted by molar-refractivity contribution is 0.217. The summed E-state index contributed by atoms with van der Waals surface area (Å²) in [7, 11) is 0. The number of piperidine rings is 1. The summed E-state index contributed by atoms with van der Waals surface area (Å²) in [5.74, 6) is 0. The Bertz CT molecular complexity index is 888. The molecule has 1 aromatic carbocycles. The van der Waals surface area contributed by atoms with E-state index in [0.29, 0.717) is 6.04 Å². The van der Waals surface area contributed by atoms with E-state index < -0.39 is 0 Å². The Hall–Kier alpha value is -2.65. The van der Waals surface area contributed by atoms with Crippen molar-refractivity contribution in [3.05, 3.63) is 102 Å². The molecule has 1 N–H and O–H groups in total. The highest BCUT2D eigenvalue weighted by atomic mass is 15.1. The summed E-state index contributed by atoms with van der Waals surface area (Å²) in [6.07, 6.45) is 16.6. The lowest BCUT2D eigenvalue weighted by Crippen LogP contribution is -2.42. The van der Waals surface area contributed by atoms with Gasteiger partial charge in [0.2, 0.25) is 0 Å². The van der Waals surface area contributed by atoms with Crippen molar-refractivity contribution in [2.75, 3.05) is 19.6 Å². The number of aryl methyl sites for hydroxylation is 1. The van der Waals surface area contributed by atoms with Crippen molar-refractivity contribution in [1.29, 1.82) is 0 Å². The van der Waals surface area contributed by atoms with Gasteiger partial charge in [0.05, 0.1) is 0 Å². The first kappa shape index (κ1) is 21.6. The van der Waals surface area contributed by atoms with Gasteiger partial charge in [-0.25, -0.2) is 0 Å². The molecule has 31 heavy (non-hydrogen) atoms. The minimum absolute atomic E-state index is 0.570. The Kier molecular flexibility index (Phi) is 7.73. The van der Waals surface area contributed by atoms with Crippen LogP contribution in [0.2, 0.25) is 0 Å². The van der Waals surface area contributed by atoms with Crippen LogP contribution in [0.5, 0.6) is 0 Å². The van der Waals surface area contributed by atoms with Crippen LogP contribution in [0, 0.1) is 0 Å². The van der Waals surface area contributed by atoms with Gasteiger partial charge in [-0.05, 0) is 67.4 Å². The molecule has 0 atom stereocenters. The lowest BCUT2D eigenvalue weighted by Gasteiger charge is -2.33. The number of allylic oxidation sites excluding steroid dienone is 3. The van der Waals surface area contributed by atoms with Gasteiger partial charge in [0.1, 0.15) is 0 Å². The highest BCUT2D eigenvalue weighted by Crippen LogP contribution is 2.17. The van der Waals surface area contributed by atoms with Crippen molar-refractivity contribution in [2.45, 2.75) is 51.0 Å². The van der Waals surface area contributed by atoms with E-state index in [0.717, 1.165) is 31.5 Å². The Morgan fingerprint density at radius 2 is 1.84 bits per heavy atom. The maximum atomic E-state index is 4.42. The summed E-state index contributed by atoms with van der Waals surface area (Å²) >= 11 is 0. The minimum Gasteiger partial charge on any atom is -0.386 e. The van der Waals surface area contributed by atoms with Crippen molar-refractivity contribution in [2.24, 2.45) is 0 Å². The number of likely N-dealkylation sites (tertiary alicyclic amines) is 1. The van der Waals surface area contributed by atoms with E-state index >= 15 is 0 Å². The third-order valence-electron chi connectivity index (χ3n) is 6.32. The summed E-state index contributed by atoms with van der Waals surface area (Å²) in [5.41, 5.74) is 6.47. The molecule has 0 spiro atoms. The monoisotopic (exact) mass is 413 g/mol. The molecule has 0 radical (unpaired) electrons. The number of aromatic nitrogens is 1. The molecule has 3 nitrogen and oxygen atoms in total. The average Bonchev–Trinajstić information content (AvgIpc) is 2.81. The molecule has 2 aliphatic rings. The number of rotatable bonds is 9. The van der Waals surface area contributed by atoms with Crippen LogP contribution in [0.1, 0.15) is 48.9 Å². The standard InChI is InChI=1S/C28H35N3/c1-23(30-27-16-19-31(20-17-27)22-26-7-3-2-4-8-26)10-11-24-12-14-25(15-13-24)21-28-9-5-6-18-29-28/h3,5-9,12-15,18,27,30H,1-2,4,10-11,16-17,19-22H2. The average molecular weight is 414 g/mol. The van der Waals surface area contributed by atoms with Gasteiger partial charge in [0.25, 0.3) is 0 Å². The first-order valence-electron chi connectivity index (χ1n) is 11.7. The quantitative estimate of drug-likeness (QED) is 0.592. The van der Waals surface area contributed by atoms with E-state index in [1.165, 1.54) is 61.2 Å². The maximum absolute atomic E-state index is 4.42. The third kappa shape index (κ3) is 6.93. The predicted octanol–water partition coefficient (Wildman–Crippen LogP) is 5.45. The second-order valence-electron chi connectivity index (χ2n) is 8.87. The number of nitrogens with one attached hydrogen (secondary N) is 1. The molecule has 1 aliphatic heterocycles. The summed E-state index contributed by atoms with van der Waals surface area (Å²) in [6.45, 7) is 7.76. The molecule has 162 valence electrons. The Balaban J connectivity index is 1.15. The highest BCUT2D eigenvalue weighted by Gasteiger charge is 2.19. The zero-order chi connectivity index (χ0) is 21.3. The van der Waals surface area contributed by atoms with Crippen molar-refractivity contribution < 1.29 is 0 Å². The van der Waals surface area contributed by atoms with Crippen molar-refractivity contribution >= 4 is 0 Å². The molecule has 3 heteroatoms. The molecule has 0 saturated carbocycles. The van der Waals surface area contributed by atoms with Crippen LogP contribution < -0.4 is 5.32 Å². The van der Waals surface area contributed by atoms with Gasteiger partial charge in [-0.1, -0.05) is 55.1 Å². The minimum atomic E-state index is 0.570. The Morgan fingerprint density at radius 1 is 1.03 bits per heavy atom. The number of benzene rings is 1. The fourth-order valence-corrected chi connectivity index (χ4v) is 4.47. The molecule has 0 bridgehead atoms. The predicted molar refractivity (Wildman–Crippen MR) is 130 cm³/mol. The van der Waals surface area contributed by atoms with E-state index in [1.807, 2.05) is 18.3 Å². The van der Waals surface area contributed by atoms with E-state index in [2.05, 4.69) is 70.3 Å². The molecule has 1 fully saturated rings. The van der Waals surface area contributed by atoms with Gasteiger partial charge in [0.15, 0.2) is 0 Å². The fraction of sp³-hybridized carbons (Fsp3) is 0.393. The van der Waals surface area contributed by atoms with Gasteiger partial charge < -0.3 is 5.32 Å². The van der Waals surface area contributed by atoms with Crippen LogP contribution >= 0.6 is 0 Å². The Labute approximate surface area is 187 Å². The van der Waals surface area contributed by atoms with Crippen molar-refractivity contribution in [3.63, 3.8) is 0 Å². The van der Waals surface area contributed by atoms with Crippen LogP contribution in [0.15, 0.2) is 84.7 Å². The normalized spacial score (nSPS) is 17.4. The second kappa shape index (κ2) is 11.1. The van der Waals surface area contributed by atoms with Crippen LogP contribution in [-0.4, -0.2) is 35.6 Å². The van der Waals surface area contributed by atoms with E-state index in [9.17, 15) is 0 Å². The number of nitrogens with zero attached hydrogens (tertiary/aromatic N) is 2. The molecule has 1 aromatic heterocycles. The summed E-state index contributed by atoms with van der Waals surface area (Å²) in [4.78, 5) is 7.01. The van der Waals surface area contributed by atoms with Gasteiger partial charge in [0, 0.05) is 49.7 Å². The molecular formula is C28H35N3. The van der Waals surface area contributed by atoms with Gasteiger partial charge in [-0.15, -0.1) is 0 Å². The number of hydrogen-bond acceptors (Lipinski definition) is 3. The third-order valence-corrected chi connectivity index (χ3v) is 6.32. The van der Waals surface area contributed by atoms with E-state index in [4.69, 9.17) is 0 Å². The van der Waals surface area contributed by atoms with Gasteiger partial charge >= 0.3 is 0 Å². The van der Waals surface area contributed by atoms with Crippen LogP contribution in [0.25, 0.3) is 0 Å². The lowest BCUT2D eigenvalue weighted by atomic mass is 10.0. The second-order valence-corrected chi connectivity index (χ2v) is 8.87. The van der Waals surface area contributed by atoms with Gasteiger partial charge in [-0.3, -0.25) is 9.88 Å². The smallest absolute Gasteiger partial charge is 0.0447 e. The molecule has 1 aliphatic carbocycles. The summed E-state index contributed by atoms with van der Waals surface area (Å²) < 4.78 is 0. The highest BCUT2D eigenvalue weighted by molar-refractivity contribution is 5.27. The molecule has 4 rings (SSSR count). The molecule has 2 heterocycles.